The monoisotopic (exact) mass is 382 g/mol. The first-order chi connectivity index (χ1) is 10.8. The first-order valence-corrected chi connectivity index (χ1v) is 14.0. The molecule has 2 atom stereocenters. The summed E-state index contributed by atoms with van der Waals surface area (Å²) in [5.74, 6) is 0. The van der Waals surface area contributed by atoms with Crippen LogP contribution >= 0.6 is 22.2 Å². The van der Waals surface area contributed by atoms with Crippen LogP contribution in [0.2, 0.25) is 11.1 Å². The summed E-state index contributed by atoms with van der Waals surface area (Å²) in [5, 5.41) is 2.18. The van der Waals surface area contributed by atoms with E-state index in [1.807, 2.05) is 36.4 Å². The molecule has 0 fully saturated rings. The van der Waals surface area contributed by atoms with Gasteiger partial charge in [-0.05, 0) is 21.5 Å². The fourth-order valence-electron chi connectivity index (χ4n) is 2.57. The molecule has 2 aromatic carbocycles. The fourth-order valence-corrected chi connectivity index (χ4v) is 13.1. The Kier molecular flexibility index (Phi) is 6.14. The molecule has 0 saturated heterocycles. The highest BCUT2D eigenvalue weighted by molar-refractivity contribution is 7.33. The molecule has 0 saturated carbocycles. The van der Waals surface area contributed by atoms with Crippen molar-refractivity contribution in [1.29, 1.82) is 0 Å². The van der Waals surface area contributed by atoms with Gasteiger partial charge in [0.25, 0.3) is 0 Å². The van der Waals surface area contributed by atoms with Crippen LogP contribution in [0.1, 0.15) is 27.7 Å². The van der Waals surface area contributed by atoms with Gasteiger partial charge in [0.1, 0.15) is 0 Å². The van der Waals surface area contributed by atoms with E-state index in [9.17, 15) is 0 Å². The van der Waals surface area contributed by atoms with Crippen LogP contribution in [-0.2, 0) is 4.12 Å². The van der Waals surface area contributed by atoms with Gasteiger partial charge in [-0.3, -0.25) is 0 Å². The molecule has 2 unspecified atom stereocenters. The molecule has 0 N–H and O–H groups in total. The van der Waals surface area contributed by atoms with Gasteiger partial charge >= 0.3 is 15.3 Å². The van der Waals surface area contributed by atoms with Crippen LogP contribution in [0.15, 0.2) is 60.7 Å². The molecule has 124 valence electrons. The van der Waals surface area contributed by atoms with Gasteiger partial charge in [-0.15, -0.1) is 22.2 Å². The van der Waals surface area contributed by atoms with Gasteiger partial charge in [-0.1, -0.05) is 88.4 Å². The first-order valence-electron chi connectivity index (χ1n) is 7.99. The summed E-state index contributed by atoms with van der Waals surface area (Å²) in [4.78, 5) is 0. The van der Waals surface area contributed by atoms with Crippen molar-refractivity contribution in [1.82, 2.24) is 0 Å². The molecule has 5 heteroatoms. The minimum absolute atomic E-state index is 0.222. The second kappa shape index (κ2) is 7.53. The van der Waals surface area contributed by atoms with Crippen molar-refractivity contribution in [2.75, 3.05) is 0 Å². The zero-order valence-electron chi connectivity index (χ0n) is 14.1. The predicted octanol–water partition coefficient (Wildman–Crippen LogP) is 5.00. The third-order valence-corrected chi connectivity index (χ3v) is 17.0. The molecular weight excluding hydrogens is 359 g/mol. The first kappa shape index (κ1) is 18.7. The second-order valence-corrected chi connectivity index (χ2v) is 16.7. The highest BCUT2D eigenvalue weighted by Crippen LogP contribution is 2.36. The maximum Gasteiger partial charge on any atom is 0.316 e. The molecule has 23 heavy (non-hydrogen) atoms. The van der Waals surface area contributed by atoms with E-state index in [1.165, 1.54) is 0 Å². The Labute approximate surface area is 151 Å². The van der Waals surface area contributed by atoms with E-state index in [4.69, 9.17) is 26.3 Å². The van der Waals surface area contributed by atoms with Crippen LogP contribution in [0, 0.1) is 0 Å². The van der Waals surface area contributed by atoms with Gasteiger partial charge < -0.3 is 4.12 Å². The molecule has 0 aromatic heterocycles. The molecule has 2 aromatic rings. The molecule has 0 bridgehead atoms. The summed E-state index contributed by atoms with van der Waals surface area (Å²) < 4.78 is 6.73. The van der Waals surface area contributed by atoms with E-state index < -0.39 is 15.3 Å². The van der Waals surface area contributed by atoms with Crippen molar-refractivity contribution in [3.05, 3.63) is 60.7 Å². The van der Waals surface area contributed by atoms with Crippen LogP contribution in [-0.4, -0.2) is 15.3 Å². The summed E-state index contributed by atoms with van der Waals surface area (Å²) in [6.07, 6.45) is 0. The summed E-state index contributed by atoms with van der Waals surface area (Å²) in [6.45, 7) is 8.51. The zero-order chi connectivity index (χ0) is 17.1. The summed E-state index contributed by atoms with van der Waals surface area (Å²) in [7, 11) is -5.36. The van der Waals surface area contributed by atoms with Crippen LogP contribution in [0.25, 0.3) is 0 Å². The molecule has 0 aliphatic rings. The molecule has 2 rings (SSSR count). The molecule has 0 heterocycles. The quantitative estimate of drug-likeness (QED) is 0.504. The number of hydrogen-bond acceptors (Lipinski definition) is 1. The van der Waals surface area contributed by atoms with Crippen molar-refractivity contribution >= 4 is 47.8 Å². The van der Waals surface area contributed by atoms with E-state index in [1.54, 1.807) is 0 Å². The highest BCUT2D eigenvalue weighted by Gasteiger charge is 2.50. The van der Waals surface area contributed by atoms with E-state index in [0.717, 1.165) is 10.4 Å². The molecule has 0 spiro atoms. The summed E-state index contributed by atoms with van der Waals surface area (Å²) in [5.41, 5.74) is 0.444. The SMILES string of the molecule is CC(C)[Si](Cl)(O[Si](Cl)(c1ccccc1)C(C)C)c1ccccc1. The van der Waals surface area contributed by atoms with E-state index in [2.05, 4.69) is 52.0 Å². The fraction of sp³-hybridized carbons (Fsp3) is 0.333. The summed E-state index contributed by atoms with van der Waals surface area (Å²) in [6, 6.07) is 20.3. The highest BCUT2D eigenvalue weighted by atomic mass is 35.6. The van der Waals surface area contributed by atoms with Gasteiger partial charge in [0.2, 0.25) is 0 Å². The van der Waals surface area contributed by atoms with Crippen molar-refractivity contribution in [2.45, 2.75) is 38.8 Å². The van der Waals surface area contributed by atoms with Crippen LogP contribution in [0.3, 0.4) is 0 Å². The topological polar surface area (TPSA) is 9.23 Å². The number of rotatable bonds is 6. The Morgan fingerprint density at radius 3 is 1.22 bits per heavy atom. The Morgan fingerprint density at radius 1 is 0.652 bits per heavy atom. The minimum Gasteiger partial charge on any atom is -0.426 e. The molecule has 0 radical (unpaired) electrons. The van der Waals surface area contributed by atoms with Crippen molar-refractivity contribution < 1.29 is 4.12 Å². The smallest absolute Gasteiger partial charge is 0.316 e. The van der Waals surface area contributed by atoms with Crippen molar-refractivity contribution in [3.63, 3.8) is 0 Å². The average molecular weight is 383 g/mol. The average Bonchev–Trinajstić information content (AvgIpc) is 2.56. The van der Waals surface area contributed by atoms with Gasteiger partial charge in [0.05, 0.1) is 0 Å². The van der Waals surface area contributed by atoms with Gasteiger partial charge in [-0.25, -0.2) is 0 Å². The van der Waals surface area contributed by atoms with Gasteiger partial charge in [0.15, 0.2) is 0 Å². The molecule has 1 nitrogen and oxygen atoms in total. The normalized spacial score (nSPS) is 17.0. The Balaban J connectivity index is 2.49. The molecule has 0 amide bonds. The lowest BCUT2D eigenvalue weighted by Gasteiger charge is -2.39. The third kappa shape index (κ3) is 3.91. The van der Waals surface area contributed by atoms with E-state index in [-0.39, 0.29) is 11.1 Å². The number of benzene rings is 2. The maximum atomic E-state index is 7.14. The Hall–Kier alpha value is -0.586. The predicted molar refractivity (Wildman–Crippen MR) is 107 cm³/mol. The molecular formula is C18H24Cl2OSi2. The van der Waals surface area contributed by atoms with Crippen LogP contribution in [0.4, 0.5) is 0 Å². The van der Waals surface area contributed by atoms with Crippen molar-refractivity contribution in [2.24, 2.45) is 0 Å². The largest absolute Gasteiger partial charge is 0.426 e. The van der Waals surface area contributed by atoms with E-state index >= 15 is 0 Å². The van der Waals surface area contributed by atoms with Gasteiger partial charge in [-0.2, -0.15) is 0 Å². The minimum atomic E-state index is -2.68. The lowest BCUT2D eigenvalue weighted by molar-refractivity contribution is 0.555. The second-order valence-electron chi connectivity index (χ2n) is 6.43. The number of halogens is 2. The number of hydrogen-bond donors (Lipinski definition) is 0. The lowest BCUT2D eigenvalue weighted by atomic mass is 10.4. The van der Waals surface area contributed by atoms with Gasteiger partial charge in [0, 0.05) is 0 Å². The maximum absolute atomic E-state index is 7.14. The summed E-state index contributed by atoms with van der Waals surface area (Å²) >= 11 is 14.3. The molecule has 0 aliphatic carbocycles. The van der Waals surface area contributed by atoms with Crippen LogP contribution in [0.5, 0.6) is 0 Å². The Morgan fingerprint density at radius 2 is 0.957 bits per heavy atom. The Bertz CT molecular complexity index is 566. The lowest BCUT2D eigenvalue weighted by Crippen LogP contribution is -2.60. The van der Waals surface area contributed by atoms with Crippen LogP contribution < -0.4 is 10.4 Å². The standard InChI is InChI=1S/C18H24Cl2OSi2/c1-15(2)22(19,17-11-7-5-8-12-17)21-23(20,16(3)4)18-13-9-6-10-14-18/h5-16H,1-4H3. The van der Waals surface area contributed by atoms with E-state index in [0.29, 0.717) is 0 Å². The van der Waals surface area contributed by atoms with Crippen molar-refractivity contribution in [3.8, 4) is 0 Å². The third-order valence-electron chi connectivity index (χ3n) is 4.12. The zero-order valence-corrected chi connectivity index (χ0v) is 17.6. The molecule has 0 aliphatic heterocycles.